The normalized spacial score (nSPS) is 17.4. The van der Waals surface area contributed by atoms with E-state index in [-0.39, 0.29) is 36.6 Å². The van der Waals surface area contributed by atoms with Crippen LogP contribution in [-0.2, 0) is 11.2 Å². The lowest BCUT2D eigenvalue weighted by atomic mass is 10.0. The van der Waals surface area contributed by atoms with Crippen molar-refractivity contribution < 1.29 is 9.18 Å². The van der Waals surface area contributed by atoms with Gasteiger partial charge in [0, 0.05) is 32.0 Å². The van der Waals surface area contributed by atoms with E-state index in [1.807, 2.05) is 17.0 Å². The molecule has 3 rings (SSSR count). The highest BCUT2D eigenvalue weighted by molar-refractivity contribution is 5.85. The first-order valence-corrected chi connectivity index (χ1v) is 7.38. The first kappa shape index (κ1) is 17.4. The van der Waals surface area contributed by atoms with Crippen molar-refractivity contribution in [2.45, 2.75) is 12.5 Å². The van der Waals surface area contributed by atoms with Gasteiger partial charge in [-0.2, -0.15) is 0 Å². The van der Waals surface area contributed by atoms with E-state index in [1.165, 1.54) is 12.1 Å². The fourth-order valence-electron chi connectivity index (χ4n) is 2.75. The zero-order valence-electron chi connectivity index (χ0n) is 12.6. The number of rotatable bonds is 3. The molecule has 1 fully saturated rings. The number of carbonyl (C=O) groups is 1. The van der Waals surface area contributed by atoms with E-state index in [4.69, 9.17) is 0 Å². The number of aromatic nitrogens is 1. The lowest BCUT2D eigenvalue weighted by Gasteiger charge is -2.36. The third kappa shape index (κ3) is 4.27. The van der Waals surface area contributed by atoms with Crippen LogP contribution in [0.5, 0.6) is 0 Å². The standard InChI is InChI=1S/C17H18FN3O.ClH/c18-15-5-3-13(4-6-15)10-17(22)21-9-8-20-12-16(21)14-2-1-7-19-11-14;/h1-7,11,16,20H,8-10,12H2;1H. The lowest BCUT2D eigenvalue weighted by molar-refractivity contribution is -0.133. The number of halogens is 2. The smallest absolute Gasteiger partial charge is 0.227 e. The van der Waals surface area contributed by atoms with Crippen molar-refractivity contribution in [3.8, 4) is 0 Å². The Bertz CT molecular complexity index is 636. The Hall–Kier alpha value is -1.98. The Balaban J connectivity index is 0.00000192. The van der Waals surface area contributed by atoms with Crippen LogP contribution in [0.3, 0.4) is 0 Å². The second-order valence-corrected chi connectivity index (χ2v) is 5.40. The third-order valence-corrected chi connectivity index (χ3v) is 3.90. The maximum absolute atomic E-state index is 13.0. The predicted octanol–water partition coefficient (Wildman–Crippen LogP) is 2.36. The lowest BCUT2D eigenvalue weighted by Crippen LogP contribution is -2.49. The Kier molecular flexibility index (Phi) is 6.07. The van der Waals surface area contributed by atoms with E-state index in [9.17, 15) is 9.18 Å². The Morgan fingerprint density at radius 1 is 1.30 bits per heavy atom. The fourth-order valence-corrected chi connectivity index (χ4v) is 2.75. The summed E-state index contributed by atoms with van der Waals surface area (Å²) in [4.78, 5) is 18.6. The molecule has 1 unspecified atom stereocenters. The van der Waals surface area contributed by atoms with Gasteiger partial charge in [-0.1, -0.05) is 18.2 Å². The minimum Gasteiger partial charge on any atom is -0.333 e. The molecule has 2 heterocycles. The van der Waals surface area contributed by atoms with Gasteiger partial charge in [-0.15, -0.1) is 12.4 Å². The second-order valence-electron chi connectivity index (χ2n) is 5.40. The number of benzene rings is 1. The average molecular weight is 336 g/mol. The van der Waals surface area contributed by atoms with E-state index < -0.39 is 0 Å². The molecule has 1 amide bonds. The molecule has 1 saturated heterocycles. The summed E-state index contributed by atoms with van der Waals surface area (Å²) in [5, 5.41) is 3.32. The Labute approximate surface area is 141 Å². The average Bonchev–Trinajstić information content (AvgIpc) is 2.58. The summed E-state index contributed by atoms with van der Waals surface area (Å²) in [5.41, 5.74) is 1.86. The maximum Gasteiger partial charge on any atom is 0.227 e. The van der Waals surface area contributed by atoms with Crippen LogP contribution in [0.2, 0.25) is 0 Å². The number of carbonyl (C=O) groups excluding carboxylic acids is 1. The summed E-state index contributed by atoms with van der Waals surface area (Å²) in [6, 6.07) is 9.96. The van der Waals surface area contributed by atoms with Crippen LogP contribution < -0.4 is 5.32 Å². The fraction of sp³-hybridized carbons (Fsp3) is 0.294. The number of nitrogens with zero attached hydrogens (tertiary/aromatic N) is 2. The number of piperazine rings is 1. The number of nitrogens with one attached hydrogen (secondary N) is 1. The van der Waals surface area contributed by atoms with Gasteiger partial charge in [0.2, 0.25) is 5.91 Å². The molecule has 1 aliphatic rings. The van der Waals surface area contributed by atoms with Crippen LogP contribution in [0.15, 0.2) is 48.8 Å². The van der Waals surface area contributed by atoms with Crippen molar-refractivity contribution in [3.05, 3.63) is 65.7 Å². The summed E-state index contributed by atoms with van der Waals surface area (Å²) >= 11 is 0. The number of pyridine rings is 1. The van der Waals surface area contributed by atoms with Crippen molar-refractivity contribution in [3.63, 3.8) is 0 Å². The highest BCUT2D eigenvalue weighted by Gasteiger charge is 2.27. The molecule has 0 saturated carbocycles. The van der Waals surface area contributed by atoms with Gasteiger partial charge < -0.3 is 10.2 Å². The van der Waals surface area contributed by atoms with Crippen molar-refractivity contribution in [2.24, 2.45) is 0 Å². The SMILES string of the molecule is Cl.O=C(Cc1ccc(F)cc1)N1CCNCC1c1cccnc1. The first-order valence-electron chi connectivity index (χ1n) is 7.38. The number of amides is 1. The minimum absolute atomic E-state index is 0. The molecule has 1 N–H and O–H groups in total. The van der Waals surface area contributed by atoms with Crippen LogP contribution in [0.4, 0.5) is 4.39 Å². The van der Waals surface area contributed by atoms with Gasteiger partial charge in [0.25, 0.3) is 0 Å². The zero-order chi connectivity index (χ0) is 15.4. The highest BCUT2D eigenvalue weighted by atomic mass is 35.5. The van der Waals surface area contributed by atoms with Crippen molar-refractivity contribution in [2.75, 3.05) is 19.6 Å². The van der Waals surface area contributed by atoms with Crippen molar-refractivity contribution in [1.82, 2.24) is 15.2 Å². The van der Waals surface area contributed by atoms with Crippen LogP contribution in [-0.4, -0.2) is 35.4 Å². The van der Waals surface area contributed by atoms with Crippen LogP contribution in [0, 0.1) is 5.82 Å². The molecular weight excluding hydrogens is 317 g/mol. The van der Waals surface area contributed by atoms with E-state index in [0.717, 1.165) is 24.2 Å². The molecule has 0 aliphatic carbocycles. The van der Waals surface area contributed by atoms with Gasteiger partial charge in [-0.05, 0) is 29.3 Å². The molecule has 0 radical (unpaired) electrons. The topological polar surface area (TPSA) is 45.2 Å². The molecule has 2 aromatic rings. The highest BCUT2D eigenvalue weighted by Crippen LogP contribution is 2.22. The maximum atomic E-state index is 13.0. The van der Waals surface area contributed by atoms with E-state index in [0.29, 0.717) is 6.54 Å². The van der Waals surface area contributed by atoms with Crippen molar-refractivity contribution in [1.29, 1.82) is 0 Å². The van der Waals surface area contributed by atoms with E-state index >= 15 is 0 Å². The third-order valence-electron chi connectivity index (χ3n) is 3.90. The van der Waals surface area contributed by atoms with Crippen molar-refractivity contribution >= 4 is 18.3 Å². The van der Waals surface area contributed by atoms with Gasteiger partial charge in [-0.3, -0.25) is 9.78 Å². The summed E-state index contributed by atoms with van der Waals surface area (Å²) in [5.74, 6) is -0.228. The first-order chi connectivity index (χ1) is 10.7. The Morgan fingerprint density at radius 2 is 2.09 bits per heavy atom. The second kappa shape index (κ2) is 8.04. The number of hydrogen-bond donors (Lipinski definition) is 1. The molecule has 1 aliphatic heterocycles. The molecular formula is C17H19ClFN3O. The Morgan fingerprint density at radius 3 is 2.78 bits per heavy atom. The molecule has 1 aromatic heterocycles. The molecule has 122 valence electrons. The van der Waals surface area contributed by atoms with Crippen LogP contribution in [0.1, 0.15) is 17.2 Å². The van der Waals surface area contributed by atoms with E-state index in [2.05, 4.69) is 10.3 Å². The van der Waals surface area contributed by atoms with Gasteiger partial charge >= 0.3 is 0 Å². The molecule has 0 spiro atoms. The molecule has 1 atom stereocenters. The molecule has 4 nitrogen and oxygen atoms in total. The molecule has 1 aromatic carbocycles. The number of hydrogen-bond acceptors (Lipinski definition) is 3. The largest absolute Gasteiger partial charge is 0.333 e. The molecule has 6 heteroatoms. The molecule has 23 heavy (non-hydrogen) atoms. The summed E-state index contributed by atoms with van der Waals surface area (Å²) in [6.07, 6.45) is 3.82. The van der Waals surface area contributed by atoms with Gasteiger partial charge in [0.05, 0.1) is 12.5 Å². The predicted molar refractivity (Wildman–Crippen MR) is 88.9 cm³/mol. The van der Waals surface area contributed by atoms with E-state index in [1.54, 1.807) is 24.5 Å². The minimum atomic E-state index is -0.286. The van der Waals surface area contributed by atoms with Gasteiger partial charge in [0.1, 0.15) is 5.82 Å². The summed E-state index contributed by atoms with van der Waals surface area (Å²) in [7, 11) is 0. The molecule has 0 bridgehead atoms. The monoisotopic (exact) mass is 335 g/mol. The van der Waals surface area contributed by atoms with Gasteiger partial charge in [-0.25, -0.2) is 4.39 Å². The summed E-state index contributed by atoms with van der Waals surface area (Å²) < 4.78 is 13.0. The van der Waals surface area contributed by atoms with Gasteiger partial charge in [0.15, 0.2) is 0 Å². The van der Waals surface area contributed by atoms with Crippen LogP contribution >= 0.6 is 12.4 Å². The zero-order valence-corrected chi connectivity index (χ0v) is 13.4. The quantitative estimate of drug-likeness (QED) is 0.936. The van der Waals surface area contributed by atoms with Crippen LogP contribution in [0.25, 0.3) is 0 Å². The summed E-state index contributed by atoms with van der Waals surface area (Å²) in [6.45, 7) is 2.17.